The standard InChI is InChI=1S/C23H18N4O2S3/c1-14(21(28)27-23-26-19(13-31-23)20-4-3-11-30-20)32-22-16(12-24)7-10-18(25-22)15-5-8-17(29-2)9-6-15/h3-11,13-14H,1-2H3,(H,26,27,28). The molecule has 0 aliphatic rings. The summed E-state index contributed by atoms with van der Waals surface area (Å²) in [4.78, 5) is 22.9. The van der Waals surface area contributed by atoms with Crippen LogP contribution < -0.4 is 10.1 Å². The van der Waals surface area contributed by atoms with E-state index in [0.29, 0.717) is 15.7 Å². The number of thioether (sulfide) groups is 1. The van der Waals surface area contributed by atoms with Crippen LogP contribution in [-0.2, 0) is 4.79 Å². The first-order chi connectivity index (χ1) is 15.6. The summed E-state index contributed by atoms with van der Waals surface area (Å²) in [6, 6.07) is 17.2. The monoisotopic (exact) mass is 478 g/mol. The zero-order valence-electron chi connectivity index (χ0n) is 17.2. The van der Waals surface area contributed by atoms with Gasteiger partial charge in [0.1, 0.15) is 16.8 Å². The predicted molar refractivity (Wildman–Crippen MR) is 130 cm³/mol. The number of pyridine rings is 1. The van der Waals surface area contributed by atoms with Gasteiger partial charge in [-0.15, -0.1) is 22.7 Å². The quantitative estimate of drug-likeness (QED) is 0.331. The number of amides is 1. The van der Waals surface area contributed by atoms with Gasteiger partial charge in [-0.3, -0.25) is 4.79 Å². The molecule has 0 aliphatic carbocycles. The van der Waals surface area contributed by atoms with Crippen LogP contribution in [0.25, 0.3) is 21.8 Å². The van der Waals surface area contributed by atoms with Crippen molar-refractivity contribution < 1.29 is 9.53 Å². The van der Waals surface area contributed by atoms with Crippen molar-refractivity contribution in [1.29, 1.82) is 5.26 Å². The molecule has 0 fully saturated rings. The third-order valence-corrected chi connectivity index (χ3v) is 7.28. The minimum Gasteiger partial charge on any atom is -0.497 e. The number of carbonyl (C=O) groups excluding carboxylic acids is 1. The fourth-order valence-corrected chi connectivity index (χ4v) is 5.20. The third kappa shape index (κ3) is 4.99. The molecule has 0 spiro atoms. The highest BCUT2D eigenvalue weighted by atomic mass is 32.2. The topological polar surface area (TPSA) is 87.9 Å². The summed E-state index contributed by atoms with van der Waals surface area (Å²) >= 11 is 4.24. The van der Waals surface area contributed by atoms with Crippen LogP contribution in [0, 0.1) is 11.3 Å². The van der Waals surface area contributed by atoms with Crippen molar-refractivity contribution in [3.63, 3.8) is 0 Å². The van der Waals surface area contributed by atoms with Gasteiger partial charge in [0.2, 0.25) is 5.91 Å². The molecule has 1 amide bonds. The van der Waals surface area contributed by atoms with E-state index >= 15 is 0 Å². The Labute approximate surface area is 197 Å². The second-order valence-corrected chi connectivity index (χ2v) is 9.79. The van der Waals surface area contributed by atoms with Crippen molar-refractivity contribution in [2.75, 3.05) is 12.4 Å². The van der Waals surface area contributed by atoms with E-state index in [-0.39, 0.29) is 5.91 Å². The zero-order chi connectivity index (χ0) is 22.5. The summed E-state index contributed by atoms with van der Waals surface area (Å²) in [6.45, 7) is 1.79. The average Bonchev–Trinajstić information content (AvgIpc) is 3.51. The zero-order valence-corrected chi connectivity index (χ0v) is 19.7. The number of hydrogen-bond acceptors (Lipinski definition) is 8. The Kier molecular flexibility index (Phi) is 6.85. The molecule has 4 aromatic rings. The van der Waals surface area contributed by atoms with Crippen LogP contribution in [0.3, 0.4) is 0 Å². The molecule has 0 bridgehead atoms. The summed E-state index contributed by atoms with van der Waals surface area (Å²) in [6.07, 6.45) is 0. The first-order valence-electron chi connectivity index (χ1n) is 9.60. The second kappa shape index (κ2) is 9.96. The van der Waals surface area contributed by atoms with Crippen LogP contribution in [0.4, 0.5) is 5.13 Å². The molecule has 160 valence electrons. The number of rotatable bonds is 7. The van der Waals surface area contributed by atoms with Crippen molar-refractivity contribution in [2.45, 2.75) is 17.2 Å². The number of nitrogens with zero attached hydrogens (tertiary/aromatic N) is 3. The highest BCUT2D eigenvalue weighted by molar-refractivity contribution is 8.00. The molecule has 6 nitrogen and oxygen atoms in total. The maximum absolute atomic E-state index is 12.8. The van der Waals surface area contributed by atoms with E-state index in [1.165, 1.54) is 23.1 Å². The van der Waals surface area contributed by atoms with Crippen molar-refractivity contribution in [2.24, 2.45) is 0 Å². The van der Waals surface area contributed by atoms with Crippen molar-refractivity contribution >= 4 is 45.5 Å². The van der Waals surface area contributed by atoms with E-state index in [9.17, 15) is 10.1 Å². The van der Waals surface area contributed by atoms with Crippen molar-refractivity contribution in [1.82, 2.24) is 9.97 Å². The van der Waals surface area contributed by atoms with E-state index in [4.69, 9.17) is 4.74 Å². The first-order valence-corrected chi connectivity index (χ1v) is 12.2. The number of aromatic nitrogens is 2. The highest BCUT2D eigenvalue weighted by Gasteiger charge is 2.19. The predicted octanol–water partition coefficient (Wildman–Crippen LogP) is 5.93. The Morgan fingerprint density at radius 1 is 1.12 bits per heavy atom. The van der Waals surface area contributed by atoms with Gasteiger partial charge in [-0.25, -0.2) is 9.97 Å². The molecule has 32 heavy (non-hydrogen) atoms. The summed E-state index contributed by atoms with van der Waals surface area (Å²) < 4.78 is 5.20. The minimum absolute atomic E-state index is 0.192. The van der Waals surface area contributed by atoms with Gasteiger partial charge < -0.3 is 10.1 Å². The molecule has 0 saturated carbocycles. The lowest BCUT2D eigenvalue weighted by molar-refractivity contribution is -0.115. The number of hydrogen-bond donors (Lipinski definition) is 1. The minimum atomic E-state index is -0.463. The Hall–Kier alpha value is -3.19. The number of methoxy groups -OCH3 is 1. The SMILES string of the molecule is COc1ccc(-c2ccc(C#N)c(SC(C)C(=O)Nc3nc(-c4cccs4)cs3)n2)cc1. The van der Waals surface area contributed by atoms with Crippen LogP contribution >= 0.6 is 34.4 Å². The molecule has 3 aromatic heterocycles. The number of nitriles is 1. The van der Waals surface area contributed by atoms with Crippen LogP contribution in [0.5, 0.6) is 5.75 Å². The molecule has 0 radical (unpaired) electrons. The smallest absolute Gasteiger partial charge is 0.239 e. The van der Waals surface area contributed by atoms with Gasteiger partial charge in [0.25, 0.3) is 0 Å². The second-order valence-electron chi connectivity index (χ2n) is 6.65. The van der Waals surface area contributed by atoms with Crippen molar-refractivity contribution in [3.05, 3.63) is 64.9 Å². The van der Waals surface area contributed by atoms with E-state index in [1.807, 2.05) is 47.2 Å². The fraction of sp³-hybridized carbons (Fsp3) is 0.130. The highest BCUT2D eigenvalue weighted by Crippen LogP contribution is 2.31. The summed E-state index contributed by atoms with van der Waals surface area (Å²) in [5.74, 6) is 0.564. The van der Waals surface area contributed by atoms with E-state index in [1.54, 1.807) is 37.5 Å². The molecule has 1 aromatic carbocycles. The van der Waals surface area contributed by atoms with E-state index in [2.05, 4.69) is 21.4 Å². The van der Waals surface area contributed by atoms with Gasteiger partial charge in [0.15, 0.2) is 5.13 Å². The van der Waals surface area contributed by atoms with Gasteiger partial charge in [-0.2, -0.15) is 5.26 Å². The third-order valence-electron chi connectivity index (χ3n) is 4.53. The summed E-state index contributed by atoms with van der Waals surface area (Å²) in [7, 11) is 1.62. The molecule has 1 unspecified atom stereocenters. The molecule has 3 heterocycles. The maximum Gasteiger partial charge on any atom is 0.239 e. The number of thiazole rings is 1. The number of benzene rings is 1. The Morgan fingerprint density at radius 3 is 2.62 bits per heavy atom. The molecule has 1 N–H and O–H groups in total. The van der Waals surface area contributed by atoms with Crippen LogP contribution in [0.15, 0.2) is 64.3 Å². The number of anilines is 1. The van der Waals surface area contributed by atoms with Gasteiger partial charge in [0, 0.05) is 10.9 Å². The summed E-state index contributed by atoms with van der Waals surface area (Å²) in [5, 5.41) is 16.9. The molecule has 9 heteroatoms. The number of nitrogens with one attached hydrogen (secondary N) is 1. The molecular formula is C23H18N4O2S3. The number of carbonyl (C=O) groups is 1. The molecule has 4 rings (SSSR count). The number of ether oxygens (including phenoxy) is 1. The van der Waals surface area contributed by atoms with Crippen LogP contribution in [0.2, 0.25) is 0 Å². The Morgan fingerprint density at radius 2 is 1.94 bits per heavy atom. The fourth-order valence-electron chi connectivity index (χ4n) is 2.83. The Balaban J connectivity index is 1.48. The maximum atomic E-state index is 12.8. The average molecular weight is 479 g/mol. The van der Waals surface area contributed by atoms with Gasteiger partial charge in [-0.05, 0) is 54.8 Å². The van der Waals surface area contributed by atoms with Gasteiger partial charge in [0.05, 0.1) is 34.2 Å². The van der Waals surface area contributed by atoms with Gasteiger partial charge >= 0.3 is 0 Å². The summed E-state index contributed by atoms with van der Waals surface area (Å²) in [5.41, 5.74) is 2.91. The Bertz CT molecular complexity index is 1260. The van der Waals surface area contributed by atoms with Crippen LogP contribution in [-0.4, -0.2) is 28.2 Å². The molecular weight excluding hydrogens is 460 g/mol. The molecule has 1 atom stereocenters. The number of thiophene rings is 1. The normalized spacial score (nSPS) is 11.5. The molecule has 0 aliphatic heterocycles. The van der Waals surface area contributed by atoms with Crippen molar-refractivity contribution in [3.8, 4) is 33.6 Å². The lowest BCUT2D eigenvalue weighted by Gasteiger charge is -2.12. The van der Waals surface area contributed by atoms with E-state index < -0.39 is 5.25 Å². The largest absolute Gasteiger partial charge is 0.497 e. The first kappa shape index (κ1) is 22.0. The van der Waals surface area contributed by atoms with Gasteiger partial charge in [-0.1, -0.05) is 17.8 Å². The van der Waals surface area contributed by atoms with E-state index in [0.717, 1.165) is 27.6 Å². The molecule has 0 saturated heterocycles. The lowest BCUT2D eigenvalue weighted by atomic mass is 10.1. The lowest BCUT2D eigenvalue weighted by Crippen LogP contribution is -2.22. The van der Waals surface area contributed by atoms with Crippen LogP contribution in [0.1, 0.15) is 12.5 Å².